The predicted octanol–water partition coefficient (Wildman–Crippen LogP) is 1.79. The molecule has 120 valence electrons. The van der Waals surface area contributed by atoms with Gasteiger partial charge in [0.05, 0.1) is 13.1 Å². The number of rotatable bonds is 5. The molecule has 2 aliphatic rings. The lowest BCUT2D eigenvalue weighted by atomic mass is 9.92. The molecular formula is C15H26N2O4. The molecule has 2 aliphatic heterocycles. The summed E-state index contributed by atoms with van der Waals surface area (Å²) in [7, 11) is 0. The number of amides is 2. The number of carboxylic acid groups (broad SMARTS) is 1. The highest BCUT2D eigenvalue weighted by atomic mass is 16.5. The molecule has 0 bridgehead atoms. The first-order valence-corrected chi connectivity index (χ1v) is 7.83. The summed E-state index contributed by atoms with van der Waals surface area (Å²) in [5.74, 6) is -0.210. The van der Waals surface area contributed by atoms with E-state index < -0.39 is 11.6 Å². The smallest absolute Gasteiger partial charge is 0.329 e. The van der Waals surface area contributed by atoms with Crippen molar-refractivity contribution in [3.8, 4) is 0 Å². The minimum absolute atomic E-state index is 0.0707. The van der Waals surface area contributed by atoms with Gasteiger partial charge in [-0.1, -0.05) is 19.8 Å². The monoisotopic (exact) mass is 298 g/mol. The molecule has 0 aromatic heterocycles. The van der Waals surface area contributed by atoms with Crippen LogP contribution in [-0.4, -0.2) is 65.3 Å². The SMILES string of the molecule is CCCC1CCN(C(=O)N2CC(C)(OCC(=O)O)C2)CC1. The van der Waals surface area contributed by atoms with E-state index in [1.54, 1.807) is 4.90 Å². The van der Waals surface area contributed by atoms with E-state index in [-0.39, 0.29) is 12.6 Å². The molecule has 2 rings (SSSR count). The van der Waals surface area contributed by atoms with E-state index >= 15 is 0 Å². The Morgan fingerprint density at radius 3 is 2.38 bits per heavy atom. The quantitative estimate of drug-likeness (QED) is 0.840. The summed E-state index contributed by atoms with van der Waals surface area (Å²) in [5, 5.41) is 8.63. The second-order valence-corrected chi connectivity index (χ2v) is 6.49. The molecule has 2 amide bonds. The van der Waals surface area contributed by atoms with Gasteiger partial charge in [-0.05, 0) is 25.7 Å². The second-order valence-electron chi connectivity index (χ2n) is 6.49. The van der Waals surface area contributed by atoms with Gasteiger partial charge in [-0.2, -0.15) is 0 Å². The lowest BCUT2D eigenvalue weighted by Crippen LogP contribution is -2.66. The average Bonchev–Trinajstić information content (AvgIpc) is 2.42. The molecule has 0 atom stereocenters. The molecular weight excluding hydrogens is 272 g/mol. The molecule has 0 aromatic carbocycles. The molecule has 6 heteroatoms. The Hall–Kier alpha value is -1.30. The van der Waals surface area contributed by atoms with Crippen LogP contribution in [0, 0.1) is 5.92 Å². The van der Waals surface area contributed by atoms with Crippen LogP contribution in [0.2, 0.25) is 0 Å². The molecule has 0 radical (unpaired) electrons. The standard InChI is InChI=1S/C15H26N2O4/c1-3-4-12-5-7-16(8-6-12)14(20)17-10-15(2,11-17)21-9-13(18)19/h12H,3-11H2,1-2H3,(H,18,19). The molecule has 0 unspecified atom stereocenters. The van der Waals surface area contributed by atoms with E-state index in [4.69, 9.17) is 9.84 Å². The highest BCUT2D eigenvalue weighted by Gasteiger charge is 2.44. The van der Waals surface area contributed by atoms with Gasteiger partial charge in [-0.3, -0.25) is 0 Å². The number of carbonyl (C=O) groups excluding carboxylic acids is 1. The van der Waals surface area contributed by atoms with Crippen LogP contribution in [0.15, 0.2) is 0 Å². The average molecular weight is 298 g/mol. The van der Waals surface area contributed by atoms with Gasteiger partial charge in [0.15, 0.2) is 0 Å². The van der Waals surface area contributed by atoms with Gasteiger partial charge in [0.2, 0.25) is 0 Å². The van der Waals surface area contributed by atoms with Gasteiger partial charge < -0.3 is 19.6 Å². The van der Waals surface area contributed by atoms with Gasteiger partial charge in [-0.15, -0.1) is 0 Å². The number of hydrogen-bond acceptors (Lipinski definition) is 3. The van der Waals surface area contributed by atoms with Crippen molar-refractivity contribution in [3.05, 3.63) is 0 Å². The van der Waals surface area contributed by atoms with Crippen LogP contribution in [0.4, 0.5) is 4.79 Å². The minimum Gasteiger partial charge on any atom is -0.480 e. The van der Waals surface area contributed by atoms with Crippen molar-refractivity contribution in [1.29, 1.82) is 0 Å². The van der Waals surface area contributed by atoms with Crippen LogP contribution in [0.3, 0.4) is 0 Å². The summed E-state index contributed by atoms with van der Waals surface area (Å²) in [6, 6.07) is 0.0707. The molecule has 0 saturated carbocycles. The van der Waals surface area contributed by atoms with Gasteiger partial charge in [0.1, 0.15) is 12.2 Å². The molecule has 2 fully saturated rings. The van der Waals surface area contributed by atoms with Crippen molar-refractivity contribution < 1.29 is 19.4 Å². The molecule has 21 heavy (non-hydrogen) atoms. The van der Waals surface area contributed by atoms with Crippen LogP contribution in [0.1, 0.15) is 39.5 Å². The Kier molecular flexibility index (Phi) is 5.08. The summed E-state index contributed by atoms with van der Waals surface area (Å²) in [6.07, 6.45) is 4.66. The number of nitrogens with zero attached hydrogens (tertiary/aromatic N) is 2. The lowest BCUT2D eigenvalue weighted by Gasteiger charge is -2.49. The summed E-state index contributed by atoms with van der Waals surface area (Å²) in [5.41, 5.74) is -0.505. The predicted molar refractivity (Wildman–Crippen MR) is 78.2 cm³/mol. The molecule has 0 aliphatic carbocycles. The van der Waals surface area contributed by atoms with E-state index in [1.807, 2.05) is 11.8 Å². The summed E-state index contributed by atoms with van der Waals surface area (Å²) in [4.78, 5) is 26.5. The van der Waals surface area contributed by atoms with Crippen LogP contribution < -0.4 is 0 Å². The number of urea groups is 1. The Balaban J connectivity index is 1.73. The lowest BCUT2D eigenvalue weighted by molar-refractivity contribution is -0.160. The van der Waals surface area contributed by atoms with Crippen LogP contribution in [0.25, 0.3) is 0 Å². The summed E-state index contributed by atoms with van der Waals surface area (Å²) >= 11 is 0. The Bertz CT molecular complexity index is 385. The van der Waals surface area contributed by atoms with E-state index in [1.165, 1.54) is 12.8 Å². The fourth-order valence-corrected chi connectivity index (χ4v) is 3.24. The third-order valence-electron chi connectivity index (χ3n) is 4.45. The van der Waals surface area contributed by atoms with Crippen LogP contribution >= 0.6 is 0 Å². The first-order valence-electron chi connectivity index (χ1n) is 7.83. The largest absolute Gasteiger partial charge is 0.480 e. The van der Waals surface area contributed by atoms with Gasteiger partial charge >= 0.3 is 12.0 Å². The summed E-state index contributed by atoms with van der Waals surface area (Å²) < 4.78 is 5.33. The van der Waals surface area contributed by atoms with Crippen LogP contribution in [-0.2, 0) is 9.53 Å². The van der Waals surface area contributed by atoms with Crippen molar-refractivity contribution in [2.75, 3.05) is 32.8 Å². The zero-order valence-electron chi connectivity index (χ0n) is 13.0. The molecule has 1 N–H and O–H groups in total. The first kappa shape index (κ1) is 16.1. The number of ether oxygens (including phenoxy) is 1. The topological polar surface area (TPSA) is 70.1 Å². The normalized spacial score (nSPS) is 22.0. The molecule has 2 heterocycles. The fourth-order valence-electron chi connectivity index (χ4n) is 3.24. The molecule has 0 aromatic rings. The molecule has 0 spiro atoms. The third-order valence-corrected chi connectivity index (χ3v) is 4.45. The van der Waals surface area contributed by atoms with E-state index in [9.17, 15) is 9.59 Å². The van der Waals surface area contributed by atoms with Crippen molar-refractivity contribution in [3.63, 3.8) is 0 Å². The zero-order valence-corrected chi connectivity index (χ0v) is 13.0. The number of carboxylic acids is 1. The van der Waals surface area contributed by atoms with Gasteiger partial charge in [-0.25, -0.2) is 9.59 Å². The number of aliphatic carboxylic acids is 1. The highest BCUT2D eigenvalue weighted by Crippen LogP contribution is 2.28. The number of carbonyl (C=O) groups is 2. The maximum atomic E-state index is 12.4. The minimum atomic E-state index is -0.973. The summed E-state index contributed by atoms with van der Waals surface area (Å²) in [6.45, 7) is 6.39. The fraction of sp³-hybridized carbons (Fsp3) is 0.867. The van der Waals surface area contributed by atoms with Crippen LogP contribution in [0.5, 0.6) is 0 Å². The van der Waals surface area contributed by atoms with Crippen molar-refractivity contribution in [1.82, 2.24) is 9.80 Å². The Labute approximate surface area is 126 Å². The third kappa shape index (κ3) is 4.09. The van der Waals surface area contributed by atoms with Gasteiger partial charge in [0, 0.05) is 13.1 Å². The maximum absolute atomic E-state index is 12.4. The van der Waals surface area contributed by atoms with E-state index in [0.29, 0.717) is 13.1 Å². The Morgan fingerprint density at radius 1 is 1.24 bits per heavy atom. The second kappa shape index (κ2) is 6.64. The van der Waals surface area contributed by atoms with E-state index in [2.05, 4.69) is 6.92 Å². The van der Waals surface area contributed by atoms with E-state index in [0.717, 1.165) is 31.8 Å². The van der Waals surface area contributed by atoms with Crippen molar-refractivity contribution >= 4 is 12.0 Å². The number of hydrogen-bond donors (Lipinski definition) is 1. The van der Waals surface area contributed by atoms with Crippen molar-refractivity contribution in [2.45, 2.75) is 45.1 Å². The molecule has 2 saturated heterocycles. The number of piperidine rings is 1. The van der Waals surface area contributed by atoms with Crippen molar-refractivity contribution in [2.24, 2.45) is 5.92 Å². The Morgan fingerprint density at radius 2 is 1.86 bits per heavy atom. The zero-order chi connectivity index (χ0) is 15.5. The first-order chi connectivity index (χ1) is 9.93. The van der Waals surface area contributed by atoms with Gasteiger partial charge in [0.25, 0.3) is 0 Å². The maximum Gasteiger partial charge on any atom is 0.329 e. The molecule has 6 nitrogen and oxygen atoms in total. The number of likely N-dealkylation sites (tertiary alicyclic amines) is 2. The highest BCUT2D eigenvalue weighted by molar-refractivity contribution is 5.76.